The molecule has 2 saturated heterocycles. The van der Waals surface area contributed by atoms with Crippen molar-refractivity contribution in [3.05, 3.63) is 30.1 Å². The van der Waals surface area contributed by atoms with Crippen molar-refractivity contribution in [1.82, 2.24) is 26.1 Å². The molecule has 3 aliphatic rings. The van der Waals surface area contributed by atoms with E-state index < -0.39 is 0 Å². The largest absolute Gasteiger partial charge is 0.446 e. The van der Waals surface area contributed by atoms with E-state index in [9.17, 15) is 9.59 Å². The zero-order chi connectivity index (χ0) is 20.2. The van der Waals surface area contributed by atoms with Crippen LogP contribution in [-0.4, -0.2) is 52.8 Å². The maximum atomic E-state index is 12.4. The van der Waals surface area contributed by atoms with E-state index in [-0.39, 0.29) is 42.8 Å². The van der Waals surface area contributed by atoms with Gasteiger partial charge >= 0.3 is 6.09 Å². The maximum Gasteiger partial charge on any atom is 0.410 e. The quantitative estimate of drug-likeness (QED) is 0.695. The fourth-order valence-corrected chi connectivity index (χ4v) is 4.76. The van der Waals surface area contributed by atoms with Crippen molar-refractivity contribution in [3.8, 4) is 0 Å². The Hall–Kier alpha value is -2.19. The number of carbonyl (C=O) groups is 2. The van der Waals surface area contributed by atoms with Gasteiger partial charge in [0.2, 0.25) is 5.91 Å². The smallest absolute Gasteiger partial charge is 0.410 e. The van der Waals surface area contributed by atoms with Gasteiger partial charge < -0.3 is 15.0 Å². The lowest BCUT2D eigenvalue weighted by Crippen LogP contribution is -2.45. The molecular formula is C21H31N5O3. The monoisotopic (exact) mass is 401 g/mol. The SMILES string of the molecule is C[C@H]1CCCN1C(=O)O[C@@H]1CC[C@H](C2CC(NC(=O)Cc3ccccn3)NN2)C1. The van der Waals surface area contributed by atoms with Crippen LogP contribution >= 0.6 is 0 Å². The molecule has 2 amide bonds. The second-order valence-electron chi connectivity index (χ2n) is 8.51. The third-order valence-electron chi connectivity index (χ3n) is 6.38. The Bertz CT molecular complexity index is 716. The highest BCUT2D eigenvalue weighted by atomic mass is 16.6. The van der Waals surface area contributed by atoms with Crippen LogP contribution in [-0.2, 0) is 16.0 Å². The number of hydrogen-bond acceptors (Lipinski definition) is 6. The molecule has 8 nitrogen and oxygen atoms in total. The first kappa shape index (κ1) is 20.1. The van der Waals surface area contributed by atoms with Gasteiger partial charge in [-0.2, -0.15) is 0 Å². The van der Waals surface area contributed by atoms with E-state index in [1.807, 2.05) is 23.1 Å². The van der Waals surface area contributed by atoms with E-state index in [0.29, 0.717) is 5.92 Å². The van der Waals surface area contributed by atoms with Gasteiger partial charge in [0.25, 0.3) is 0 Å². The van der Waals surface area contributed by atoms with E-state index in [1.54, 1.807) is 6.20 Å². The van der Waals surface area contributed by atoms with Crippen LogP contribution in [0.4, 0.5) is 4.79 Å². The third-order valence-corrected chi connectivity index (χ3v) is 6.38. The summed E-state index contributed by atoms with van der Waals surface area (Å²) in [5, 5.41) is 3.02. The van der Waals surface area contributed by atoms with Crippen LogP contribution in [0.1, 0.15) is 51.1 Å². The lowest BCUT2D eigenvalue weighted by atomic mass is 9.96. The molecule has 0 bridgehead atoms. The van der Waals surface area contributed by atoms with Gasteiger partial charge in [0.05, 0.1) is 12.6 Å². The Kier molecular flexibility index (Phi) is 6.30. The highest BCUT2D eigenvalue weighted by Crippen LogP contribution is 2.33. The van der Waals surface area contributed by atoms with E-state index in [0.717, 1.165) is 50.8 Å². The summed E-state index contributed by atoms with van der Waals surface area (Å²) in [5.41, 5.74) is 7.27. The molecule has 3 fully saturated rings. The number of nitrogens with one attached hydrogen (secondary N) is 3. The van der Waals surface area contributed by atoms with Gasteiger partial charge in [-0.05, 0) is 63.5 Å². The van der Waals surface area contributed by atoms with Crippen molar-refractivity contribution in [3.63, 3.8) is 0 Å². The maximum absolute atomic E-state index is 12.4. The summed E-state index contributed by atoms with van der Waals surface area (Å²) in [6.07, 6.45) is 7.49. The minimum atomic E-state index is -0.155. The topological polar surface area (TPSA) is 95.6 Å². The van der Waals surface area contributed by atoms with Crippen LogP contribution < -0.4 is 16.2 Å². The number of amides is 2. The average Bonchev–Trinajstić information content (AvgIpc) is 3.43. The molecule has 1 aromatic rings. The minimum absolute atomic E-state index is 0.0000962. The summed E-state index contributed by atoms with van der Waals surface area (Å²) in [6, 6.07) is 6.13. The van der Waals surface area contributed by atoms with E-state index in [2.05, 4.69) is 28.1 Å². The molecule has 3 heterocycles. The number of hydrogen-bond donors (Lipinski definition) is 3. The number of nitrogens with zero attached hydrogens (tertiary/aromatic N) is 2. The van der Waals surface area contributed by atoms with Crippen LogP contribution in [0.15, 0.2) is 24.4 Å². The molecule has 4 rings (SSSR count). The summed E-state index contributed by atoms with van der Waals surface area (Å²) < 4.78 is 5.78. The fourth-order valence-electron chi connectivity index (χ4n) is 4.76. The van der Waals surface area contributed by atoms with Gasteiger partial charge in [-0.3, -0.25) is 15.2 Å². The molecular weight excluding hydrogens is 370 g/mol. The van der Waals surface area contributed by atoms with Crippen LogP contribution in [0.25, 0.3) is 0 Å². The molecule has 1 aliphatic carbocycles. The van der Waals surface area contributed by atoms with Gasteiger partial charge in [0, 0.05) is 30.5 Å². The van der Waals surface area contributed by atoms with Gasteiger partial charge in [0.15, 0.2) is 0 Å². The zero-order valence-corrected chi connectivity index (χ0v) is 17.0. The number of pyridine rings is 1. The zero-order valence-electron chi connectivity index (χ0n) is 17.0. The van der Waals surface area contributed by atoms with Crippen molar-refractivity contribution in [2.45, 2.75) is 76.2 Å². The van der Waals surface area contributed by atoms with E-state index in [4.69, 9.17) is 4.74 Å². The first-order chi connectivity index (χ1) is 14.1. The standard InChI is InChI=1S/C21H31N5O3/c1-14-5-4-10-26(14)21(28)29-17-8-7-15(11-17)18-13-19(25-24-18)23-20(27)12-16-6-2-3-9-22-16/h2-3,6,9,14-15,17-19,24-25H,4-5,7-8,10-13H2,1H3,(H,23,27)/t14-,15-,17+,18?,19?/m0/s1. The van der Waals surface area contributed by atoms with Crippen molar-refractivity contribution in [1.29, 1.82) is 0 Å². The number of aromatic nitrogens is 1. The number of ether oxygens (including phenoxy) is 1. The summed E-state index contributed by atoms with van der Waals surface area (Å²) in [4.78, 5) is 30.7. The molecule has 2 unspecified atom stereocenters. The minimum Gasteiger partial charge on any atom is -0.446 e. The van der Waals surface area contributed by atoms with Gasteiger partial charge in [-0.25, -0.2) is 10.2 Å². The predicted octanol–water partition coefficient (Wildman–Crippen LogP) is 1.72. The fraction of sp³-hybridized carbons (Fsp3) is 0.667. The Balaban J connectivity index is 1.19. The normalized spacial score (nSPS) is 31.8. The Morgan fingerprint density at radius 2 is 2.14 bits per heavy atom. The van der Waals surface area contributed by atoms with Gasteiger partial charge in [0.1, 0.15) is 6.10 Å². The third kappa shape index (κ3) is 5.05. The van der Waals surface area contributed by atoms with Crippen LogP contribution in [0.3, 0.4) is 0 Å². The van der Waals surface area contributed by atoms with Crippen molar-refractivity contribution in [2.75, 3.05) is 6.54 Å². The molecule has 0 spiro atoms. The van der Waals surface area contributed by atoms with Crippen molar-refractivity contribution >= 4 is 12.0 Å². The molecule has 0 radical (unpaired) electrons. The van der Waals surface area contributed by atoms with E-state index >= 15 is 0 Å². The molecule has 29 heavy (non-hydrogen) atoms. The average molecular weight is 402 g/mol. The molecule has 5 atom stereocenters. The first-order valence-corrected chi connectivity index (χ1v) is 10.8. The Morgan fingerprint density at radius 1 is 1.24 bits per heavy atom. The molecule has 1 aromatic heterocycles. The molecule has 2 aliphatic heterocycles. The van der Waals surface area contributed by atoms with Gasteiger partial charge in [-0.1, -0.05) is 6.07 Å². The summed E-state index contributed by atoms with van der Waals surface area (Å²) in [7, 11) is 0. The Morgan fingerprint density at radius 3 is 2.90 bits per heavy atom. The second kappa shape index (κ2) is 9.09. The van der Waals surface area contributed by atoms with Gasteiger partial charge in [-0.15, -0.1) is 0 Å². The summed E-state index contributed by atoms with van der Waals surface area (Å²) in [5.74, 6) is 0.399. The van der Waals surface area contributed by atoms with Crippen LogP contribution in [0.2, 0.25) is 0 Å². The van der Waals surface area contributed by atoms with Crippen molar-refractivity contribution in [2.24, 2.45) is 5.92 Å². The lowest BCUT2D eigenvalue weighted by molar-refractivity contribution is -0.121. The number of rotatable bonds is 5. The lowest BCUT2D eigenvalue weighted by Gasteiger charge is -2.23. The number of likely N-dealkylation sites (tertiary alicyclic amines) is 1. The van der Waals surface area contributed by atoms with Crippen molar-refractivity contribution < 1.29 is 14.3 Å². The predicted molar refractivity (Wildman–Crippen MR) is 108 cm³/mol. The highest BCUT2D eigenvalue weighted by Gasteiger charge is 2.38. The number of carbonyl (C=O) groups excluding carboxylic acids is 2. The van der Waals surface area contributed by atoms with E-state index in [1.165, 1.54) is 0 Å². The highest BCUT2D eigenvalue weighted by molar-refractivity contribution is 5.78. The molecule has 3 N–H and O–H groups in total. The molecule has 8 heteroatoms. The molecule has 158 valence electrons. The number of hydrazine groups is 1. The second-order valence-corrected chi connectivity index (χ2v) is 8.51. The van der Waals surface area contributed by atoms with Crippen LogP contribution in [0.5, 0.6) is 0 Å². The summed E-state index contributed by atoms with van der Waals surface area (Å²) >= 11 is 0. The summed E-state index contributed by atoms with van der Waals surface area (Å²) in [6.45, 7) is 2.90. The first-order valence-electron chi connectivity index (χ1n) is 10.8. The van der Waals surface area contributed by atoms with Crippen LogP contribution in [0, 0.1) is 5.92 Å². The molecule has 1 saturated carbocycles. The Labute approximate surface area is 171 Å². The molecule has 0 aromatic carbocycles.